The van der Waals surface area contributed by atoms with E-state index in [0.717, 1.165) is 45.4 Å². The molecule has 6 nitrogen and oxygen atoms in total. The Morgan fingerprint density at radius 1 is 1.28 bits per heavy atom. The zero-order valence-electron chi connectivity index (χ0n) is 15.3. The Morgan fingerprint density at radius 2 is 2.08 bits per heavy atom. The van der Waals surface area contributed by atoms with Crippen molar-refractivity contribution in [2.75, 3.05) is 40.3 Å². The predicted molar refractivity (Wildman–Crippen MR) is 101 cm³/mol. The maximum Gasteiger partial charge on any atom is 0.243 e. The molecule has 1 heterocycles. The highest BCUT2D eigenvalue weighted by molar-refractivity contribution is 5.84. The summed E-state index contributed by atoms with van der Waals surface area (Å²) < 4.78 is 5.63. The van der Waals surface area contributed by atoms with E-state index in [9.17, 15) is 4.79 Å². The second-order valence-corrected chi connectivity index (χ2v) is 6.48. The van der Waals surface area contributed by atoms with Crippen molar-refractivity contribution in [3.8, 4) is 0 Å². The van der Waals surface area contributed by atoms with Crippen molar-refractivity contribution in [2.24, 2.45) is 4.99 Å². The average molecular weight is 346 g/mol. The minimum Gasteiger partial charge on any atom is -0.376 e. The first-order valence-electron chi connectivity index (χ1n) is 9.03. The van der Waals surface area contributed by atoms with Gasteiger partial charge in [0.1, 0.15) is 6.54 Å². The van der Waals surface area contributed by atoms with Gasteiger partial charge in [0.15, 0.2) is 5.96 Å². The van der Waals surface area contributed by atoms with Crippen molar-refractivity contribution >= 4 is 11.9 Å². The predicted octanol–water partition coefficient (Wildman–Crippen LogP) is 1.42. The van der Waals surface area contributed by atoms with E-state index >= 15 is 0 Å². The van der Waals surface area contributed by atoms with Gasteiger partial charge in [-0.15, -0.1) is 0 Å². The molecule has 1 atom stereocenters. The van der Waals surface area contributed by atoms with E-state index in [1.165, 1.54) is 5.56 Å². The van der Waals surface area contributed by atoms with Crippen LogP contribution in [-0.4, -0.2) is 63.2 Å². The standard InChI is InChI=1S/C19H30N4O2/c1-23(2)18(24)15-22-19(21-14-17-11-7-13-25-17)20-12-6-10-16-8-4-3-5-9-16/h3-5,8-9,17H,6-7,10-15H2,1-2H3,(H2,20,21,22). The van der Waals surface area contributed by atoms with Crippen LogP contribution in [-0.2, 0) is 16.0 Å². The van der Waals surface area contributed by atoms with Gasteiger partial charge in [-0.25, -0.2) is 4.99 Å². The summed E-state index contributed by atoms with van der Waals surface area (Å²) in [5.41, 5.74) is 1.33. The zero-order valence-corrected chi connectivity index (χ0v) is 15.3. The van der Waals surface area contributed by atoms with Crippen LogP contribution in [0.1, 0.15) is 24.8 Å². The minimum absolute atomic E-state index is 0.0116. The van der Waals surface area contributed by atoms with Crippen LogP contribution in [0.15, 0.2) is 35.3 Å². The molecule has 0 spiro atoms. The van der Waals surface area contributed by atoms with Gasteiger partial charge in [0.05, 0.1) is 6.10 Å². The lowest BCUT2D eigenvalue weighted by Crippen LogP contribution is -2.42. The summed E-state index contributed by atoms with van der Waals surface area (Å²) in [5.74, 6) is 0.668. The van der Waals surface area contributed by atoms with Crippen molar-refractivity contribution in [2.45, 2.75) is 31.8 Å². The van der Waals surface area contributed by atoms with Gasteiger partial charge >= 0.3 is 0 Å². The molecule has 1 saturated heterocycles. The van der Waals surface area contributed by atoms with Crippen molar-refractivity contribution in [1.82, 2.24) is 15.5 Å². The molecule has 1 unspecified atom stereocenters. The summed E-state index contributed by atoms with van der Waals surface area (Å²) in [4.78, 5) is 17.7. The highest BCUT2D eigenvalue weighted by Crippen LogP contribution is 2.10. The molecule has 1 fully saturated rings. The molecule has 2 N–H and O–H groups in total. The molecule has 1 aliphatic rings. The molecule has 138 valence electrons. The lowest BCUT2D eigenvalue weighted by atomic mass is 10.1. The highest BCUT2D eigenvalue weighted by atomic mass is 16.5. The zero-order chi connectivity index (χ0) is 17.9. The Bertz CT molecular complexity index is 540. The summed E-state index contributed by atoms with van der Waals surface area (Å²) >= 11 is 0. The van der Waals surface area contributed by atoms with E-state index in [1.807, 2.05) is 6.07 Å². The summed E-state index contributed by atoms with van der Waals surface area (Å²) in [7, 11) is 3.48. The Kier molecular flexibility index (Phi) is 8.25. The number of ether oxygens (including phenoxy) is 1. The molecule has 0 saturated carbocycles. The molecule has 0 bridgehead atoms. The fourth-order valence-electron chi connectivity index (χ4n) is 2.62. The molecule has 1 aromatic carbocycles. The van der Waals surface area contributed by atoms with Gasteiger partial charge in [0.2, 0.25) is 5.91 Å². The third kappa shape index (κ3) is 7.56. The number of carbonyl (C=O) groups excluding carboxylic acids is 1. The number of aliphatic imine (C=N–C) groups is 1. The van der Waals surface area contributed by atoms with Crippen LogP contribution >= 0.6 is 0 Å². The molecule has 1 aliphatic heterocycles. The van der Waals surface area contributed by atoms with Crippen LogP contribution in [0.3, 0.4) is 0 Å². The molecule has 0 aromatic heterocycles. The molecule has 0 radical (unpaired) electrons. The van der Waals surface area contributed by atoms with Crippen molar-refractivity contribution < 1.29 is 9.53 Å². The number of nitrogens with zero attached hydrogens (tertiary/aromatic N) is 2. The van der Waals surface area contributed by atoms with Crippen molar-refractivity contribution in [1.29, 1.82) is 0 Å². The normalized spacial score (nSPS) is 17.4. The molecule has 1 aromatic rings. The number of likely N-dealkylation sites (N-methyl/N-ethyl adjacent to an activating group) is 1. The maximum atomic E-state index is 11.8. The molecular weight excluding hydrogens is 316 g/mol. The van der Waals surface area contributed by atoms with E-state index in [4.69, 9.17) is 4.74 Å². The van der Waals surface area contributed by atoms with E-state index < -0.39 is 0 Å². The lowest BCUT2D eigenvalue weighted by Gasteiger charge is -2.16. The third-order valence-corrected chi connectivity index (χ3v) is 4.17. The third-order valence-electron chi connectivity index (χ3n) is 4.17. The fraction of sp³-hybridized carbons (Fsp3) is 0.579. The monoisotopic (exact) mass is 346 g/mol. The summed E-state index contributed by atoms with van der Waals surface area (Å²) in [5, 5.41) is 6.62. The average Bonchev–Trinajstić information content (AvgIpc) is 3.14. The first-order valence-corrected chi connectivity index (χ1v) is 9.03. The minimum atomic E-state index is -0.0116. The second-order valence-electron chi connectivity index (χ2n) is 6.48. The van der Waals surface area contributed by atoms with Crippen LogP contribution in [0, 0.1) is 0 Å². The van der Waals surface area contributed by atoms with Crippen LogP contribution in [0.2, 0.25) is 0 Å². The van der Waals surface area contributed by atoms with Gasteiger partial charge in [-0.05, 0) is 31.2 Å². The second kappa shape index (κ2) is 10.7. The van der Waals surface area contributed by atoms with Crippen LogP contribution in [0.25, 0.3) is 0 Å². The van der Waals surface area contributed by atoms with Gasteiger partial charge < -0.3 is 20.3 Å². The van der Waals surface area contributed by atoms with Gasteiger partial charge in [-0.1, -0.05) is 30.3 Å². The molecule has 25 heavy (non-hydrogen) atoms. The first-order chi connectivity index (χ1) is 12.1. The Balaban J connectivity index is 1.77. The van der Waals surface area contributed by atoms with Crippen molar-refractivity contribution in [3.05, 3.63) is 35.9 Å². The van der Waals surface area contributed by atoms with Crippen LogP contribution in [0.5, 0.6) is 0 Å². The molecule has 2 rings (SSSR count). The number of hydrogen-bond donors (Lipinski definition) is 2. The van der Waals surface area contributed by atoms with E-state index in [2.05, 4.69) is 39.9 Å². The summed E-state index contributed by atoms with van der Waals surface area (Å²) in [6.45, 7) is 2.51. The molecular formula is C19H30N4O2. The largest absolute Gasteiger partial charge is 0.376 e. The van der Waals surface area contributed by atoms with Crippen LogP contribution < -0.4 is 10.6 Å². The highest BCUT2D eigenvalue weighted by Gasteiger charge is 2.15. The smallest absolute Gasteiger partial charge is 0.243 e. The SMILES string of the molecule is CN(C)C(=O)CN=C(NCCCc1ccccc1)NCC1CCCO1. The number of aryl methyl sites for hydroxylation is 1. The summed E-state index contributed by atoms with van der Waals surface area (Å²) in [6.07, 6.45) is 4.45. The van der Waals surface area contributed by atoms with E-state index in [-0.39, 0.29) is 18.6 Å². The maximum absolute atomic E-state index is 11.8. The Hall–Kier alpha value is -2.08. The Labute approximate surface area is 150 Å². The number of benzene rings is 1. The number of nitrogens with one attached hydrogen (secondary N) is 2. The first kappa shape index (κ1) is 19.2. The number of rotatable bonds is 8. The quantitative estimate of drug-likeness (QED) is 0.424. The van der Waals surface area contributed by atoms with Gasteiger partial charge in [0, 0.05) is 33.8 Å². The van der Waals surface area contributed by atoms with E-state index in [0.29, 0.717) is 5.96 Å². The van der Waals surface area contributed by atoms with Crippen molar-refractivity contribution in [3.63, 3.8) is 0 Å². The number of guanidine groups is 1. The van der Waals surface area contributed by atoms with E-state index in [1.54, 1.807) is 19.0 Å². The fourth-order valence-corrected chi connectivity index (χ4v) is 2.62. The Morgan fingerprint density at radius 3 is 2.76 bits per heavy atom. The van der Waals surface area contributed by atoms with Gasteiger partial charge in [-0.2, -0.15) is 0 Å². The summed E-state index contributed by atoms with van der Waals surface area (Å²) in [6, 6.07) is 10.4. The molecule has 1 amide bonds. The van der Waals surface area contributed by atoms with Gasteiger partial charge in [-0.3, -0.25) is 4.79 Å². The van der Waals surface area contributed by atoms with Gasteiger partial charge in [0.25, 0.3) is 0 Å². The molecule has 0 aliphatic carbocycles. The van der Waals surface area contributed by atoms with Crippen LogP contribution in [0.4, 0.5) is 0 Å². The molecule has 6 heteroatoms. The number of carbonyl (C=O) groups is 1. The topological polar surface area (TPSA) is 66.0 Å². The number of hydrogen-bond acceptors (Lipinski definition) is 3. The number of amides is 1. The lowest BCUT2D eigenvalue weighted by molar-refractivity contribution is -0.127.